The maximum Gasteiger partial charge on any atom is 0.119 e. The van der Waals surface area contributed by atoms with Gasteiger partial charge in [-0.05, 0) is 38.5 Å². The molecule has 86 valence electrons. The SMILES string of the molecule is C1CCC2(C1)NCC1(CCOCC1)CO2. The maximum absolute atomic E-state index is 6.15. The Morgan fingerprint density at radius 1 is 0.933 bits per heavy atom. The Kier molecular flexibility index (Phi) is 2.49. The van der Waals surface area contributed by atoms with Gasteiger partial charge in [0.2, 0.25) is 0 Å². The van der Waals surface area contributed by atoms with Crippen molar-refractivity contribution < 1.29 is 9.47 Å². The van der Waals surface area contributed by atoms with E-state index in [1.165, 1.54) is 25.7 Å². The highest BCUT2D eigenvalue weighted by Crippen LogP contribution is 2.40. The summed E-state index contributed by atoms with van der Waals surface area (Å²) in [5.41, 5.74) is 0.440. The molecule has 0 atom stereocenters. The first-order chi connectivity index (χ1) is 7.33. The van der Waals surface area contributed by atoms with Crippen LogP contribution in [0.5, 0.6) is 0 Å². The van der Waals surface area contributed by atoms with E-state index in [9.17, 15) is 0 Å². The third-order valence-corrected chi connectivity index (χ3v) is 4.40. The van der Waals surface area contributed by atoms with Crippen molar-refractivity contribution in [2.45, 2.75) is 44.2 Å². The maximum atomic E-state index is 6.15. The Morgan fingerprint density at radius 3 is 2.27 bits per heavy atom. The molecule has 2 saturated heterocycles. The predicted octanol–water partition coefficient (Wildman–Crippen LogP) is 1.67. The first kappa shape index (κ1) is 10.1. The molecule has 3 rings (SSSR count). The molecule has 0 aromatic heterocycles. The van der Waals surface area contributed by atoms with Gasteiger partial charge >= 0.3 is 0 Å². The molecule has 0 bridgehead atoms. The second-order valence-electron chi connectivity index (χ2n) is 5.46. The lowest BCUT2D eigenvalue weighted by Gasteiger charge is -2.47. The van der Waals surface area contributed by atoms with Crippen molar-refractivity contribution in [3.8, 4) is 0 Å². The molecule has 0 unspecified atom stereocenters. The number of hydrogen-bond donors (Lipinski definition) is 1. The minimum atomic E-state index is 0.0591. The fourth-order valence-corrected chi connectivity index (χ4v) is 3.13. The van der Waals surface area contributed by atoms with Crippen LogP contribution in [0, 0.1) is 5.41 Å². The first-order valence-corrected chi connectivity index (χ1v) is 6.30. The van der Waals surface area contributed by atoms with E-state index in [4.69, 9.17) is 9.47 Å². The Bertz CT molecular complexity index is 218. The van der Waals surface area contributed by atoms with Crippen LogP contribution in [0.25, 0.3) is 0 Å². The summed E-state index contributed by atoms with van der Waals surface area (Å²) < 4.78 is 11.6. The molecule has 2 heterocycles. The van der Waals surface area contributed by atoms with Gasteiger partial charge in [0.25, 0.3) is 0 Å². The number of hydrogen-bond acceptors (Lipinski definition) is 3. The van der Waals surface area contributed by atoms with E-state index in [1.807, 2.05) is 0 Å². The van der Waals surface area contributed by atoms with E-state index < -0.39 is 0 Å². The summed E-state index contributed by atoms with van der Waals surface area (Å²) in [5, 5.41) is 3.68. The highest BCUT2D eigenvalue weighted by molar-refractivity contribution is 4.95. The quantitative estimate of drug-likeness (QED) is 0.661. The van der Waals surface area contributed by atoms with Crippen LogP contribution < -0.4 is 5.32 Å². The smallest absolute Gasteiger partial charge is 0.119 e. The first-order valence-electron chi connectivity index (χ1n) is 6.30. The largest absolute Gasteiger partial charge is 0.381 e. The number of rotatable bonds is 0. The van der Waals surface area contributed by atoms with Gasteiger partial charge in [-0.15, -0.1) is 0 Å². The van der Waals surface area contributed by atoms with E-state index in [2.05, 4.69) is 5.32 Å². The van der Waals surface area contributed by atoms with Crippen LogP contribution in [0.3, 0.4) is 0 Å². The number of ether oxygens (including phenoxy) is 2. The highest BCUT2D eigenvalue weighted by atomic mass is 16.5. The van der Waals surface area contributed by atoms with Crippen LogP contribution in [-0.2, 0) is 9.47 Å². The highest BCUT2D eigenvalue weighted by Gasteiger charge is 2.45. The summed E-state index contributed by atoms with van der Waals surface area (Å²) in [6, 6.07) is 0. The van der Waals surface area contributed by atoms with Crippen molar-refractivity contribution in [3.63, 3.8) is 0 Å². The van der Waals surface area contributed by atoms with Crippen molar-refractivity contribution in [2.75, 3.05) is 26.4 Å². The molecule has 0 aromatic carbocycles. The normalized spacial score (nSPS) is 33.6. The summed E-state index contributed by atoms with van der Waals surface area (Å²) >= 11 is 0. The third-order valence-electron chi connectivity index (χ3n) is 4.40. The molecule has 0 amide bonds. The summed E-state index contributed by atoms with van der Waals surface area (Å²) in [6.45, 7) is 3.91. The second-order valence-corrected chi connectivity index (χ2v) is 5.46. The van der Waals surface area contributed by atoms with Gasteiger partial charge in [-0.3, -0.25) is 5.32 Å². The van der Waals surface area contributed by atoms with E-state index in [0.717, 1.165) is 39.2 Å². The van der Waals surface area contributed by atoms with Crippen LogP contribution >= 0.6 is 0 Å². The molecule has 3 nitrogen and oxygen atoms in total. The molecule has 3 heteroatoms. The van der Waals surface area contributed by atoms with Crippen LogP contribution in [0.4, 0.5) is 0 Å². The summed E-state index contributed by atoms with van der Waals surface area (Å²) in [4.78, 5) is 0. The third kappa shape index (κ3) is 1.81. The van der Waals surface area contributed by atoms with Gasteiger partial charge in [-0.25, -0.2) is 0 Å². The summed E-state index contributed by atoms with van der Waals surface area (Å²) in [7, 11) is 0. The standard InChI is InChI=1S/C12H21NO2/c1-2-4-12(3-1)13-9-11(10-15-12)5-7-14-8-6-11/h13H,1-10H2. The van der Waals surface area contributed by atoms with Crippen LogP contribution in [0.15, 0.2) is 0 Å². The van der Waals surface area contributed by atoms with Gasteiger partial charge in [0, 0.05) is 25.2 Å². The zero-order valence-electron chi connectivity index (χ0n) is 9.39. The Balaban J connectivity index is 1.63. The number of nitrogens with one attached hydrogen (secondary N) is 1. The van der Waals surface area contributed by atoms with Crippen LogP contribution in [0.1, 0.15) is 38.5 Å². The summed E-state index contributed by atoms with van der Waals surface area (Å²) in [6.07, 6.45) is 7.39. The van der Waals surface area contributed by atoms with E-state index in [0.29, 0.717) is 5.41 Å². The molecule has 15 heavy (non-hydrogen) atoms. The van der Waals surface area contributed by atoms with Gasteiger partial charge in [0.15, 0.2) is 0 Å². The lowest BCUT2D eigenvalue weighted by molar-refractivity contribution is -0.162. The lowest BCUT2D eigenvalue weighted by Crippen LogP contribution is -2.58. The minimum Gasteiger partial charge on any atom is -0.381 e. The van der Waals surface area contributed by atoms with Gasteiger partial charge in [-0.1, -0.05) is 0 Å². The predicted molar refractivity (Wildman–Crippen MR) is 57.6 cm³/mol. The minimum absolute atomic E-state index is 0.0591. The van der Waals surface area contributed by atoms with Crippen molar-refractivity contribution >= 4 is 0 Å². The average molecular weight is 211 g/mol. The molecule has 3 aliphatic rings. The molecule has 3 fully saturated rings. The van der Waals surface area contributed by atoms with Gasteiger partial charge in [-0.2, -0.15) is 0 Å². The van der Waals surface area contributed by atoms with Gasteiger partial charge < -0.3 is 9.47 Å². The lowest BCUT2D eigenvalue weighted by atomic mass is 9.79. The van der Waals surface area contributed by atoms with Crippen LogP contribution in [-0.4, -0.2) is 32.1 Å². The Morgan fingerprint density at radius 2 is 1.67 bits per heavy atom. The molecule has 2 aliphatic heterocycles. The topological polar surface area (TPSA) is 30.5 Å². The molecule has 0 radical (unpaired) electrons. The second kappa shape index (κ2) is 3.72. The van der Waals surface area contributed by atoms with E-state index in [-0.39, 0.29) is 5.72 Å². The molecule has 1 N–H and O–H groups in total. The average Bonchev–Trinajstić information content (AvgIpc) is 2.74. The molecular formula is C12H21NO2. The fraction of sp³-hybridized carbons (Fsp3) is 1.00. The van der Waals surface area contributed by atoms with Crippen molar-refractivity contribution in [1.29, 1.82) is 0 Å². The molecule has 1 saturated carbocycles. The van der Waals surface area contributed by atoms with Gasteiger partial charge in [0.1, 0.15) is 5.72 Å². The molecule has 1 aliphatic carbocycles. The van der Waals surface area contributed by atoms with Crippen molar-refractivity contribution in [1.82, 2.24) is 5.32 Å². The zero-order valence-corrected chi connectivity index (χ0v) is 9.39. The van der Waals surface area contributed by atoms with Crippen molar-refractivity contribution in [3.05, 3.63) is 0 Å². The molecule has 2 spiro atoms. The van der Waals surface area contributed by atoms with Crippen molar-refractivity contribution in [2.24, 2.45) is 5.41 Å². The Labute approximate surface area is 91.5 Å². The van der Waals surface area contributed by atoms with Gasteiger partial charge in [0.05, 0.1) is 6.61 Å². The van der Waals surface area contributed by atoms with Crippen LogP contribution in [0.2, 0.25) is 0 Å². The van der Waals surface area contributed by atoms with E-state index in [1.54, 1.807) is 0 Å². The Hall–Kier alpha value is -0.120. The van der Waals surface area contributed by atoms with E-state index >= 15 is 0 Å². The fourth-order valence-electron chi connectivity index (χ4n) is 3.13. The summed E-state index contributed by atoms with van der Waals surface area (Å²) in [5.74, 6) is 0. The molecule has 0 aromatic rings. The monoisotopic (exact) mass is 211 g/mol. The molecular weight excluding hydrogens is 190 g/mol. The zero-order chi connectivity index (χ0) is 10.2.